The van der Waals surface area contributed by atoms with Crippen molar-refractivity contribution in [2.24, 2.45) is 11.7 Å². The molecule has 0 saturated carbocycles. The van der Waals surface area contributed by atoms with Crippen molar-refractivity contribution < 1.29 is 4.74 Å². The van der Waals surface area contributed by atoms with Gasteiger partial charge in [-0.2, -0.15) is 0 Å². The first-order valence-electron chi connectivity index (χ1n) is 5.14. The predicted octanol–water partition coefficient (Wildman–Crippen LogP) is 0.938. The molecule has 80 valence electrons. The van der Waals surface area contributed by atoms with E-state index in [4.69, 9.17) is 10.5 Å². The summed E-state index contributed by atoms with van der Waals surface area (Å²) < 4.78 is 5.14. The molecule has 3 nitrogen and oxygen atoms in total. The van der Waals surface area contributed by atoms with Crippen LogP contribution in [0.3, 0.4) is 0 Å². The molecule has 2 atom stereocenters. The summed E-state index contributed by atoms with van der Waals surface area (Å²) in [6.07, 6.45) is 0. The number of nitrogens with zero attached hydrogens (tertiary/aromatic N) is 1. The fourth-order valence-electron chi connectivity index (χ4n) is 1.81. The summed E-state index contributed by atoms with van der Waals surface area (Å²) in [6.45, 7) is 10.2. The smallest absolute Gasteiger partial charge is 0.0503 e. The lowest BCUT2D eigenvalue weighted by Gasteiger charge is -2.32. The molecule has 0 aromatic carbocycles. The van der Waals surface area contributed by atoms with Gasteiger partial charge in [0.25, 0.3) is 0 Å². The van der Waals surface area contributed by atoms with Crippen molar-refractivity contribution in [3.63, 3.8) is 0 Å². The molecule has 0 fully saturated rings. The molecule has 2 N–H and O–H groups in total. The van der Waals surface area contributed by atoms with E-state index in [0.717, 1.165) is 19.7 Å². The number of methoxy groups -OCH3 is 1. The van der Waals surface area contributed by atoms with Gasteiger partial charge in [-0.05, 0) is 19.0 Å². The Balaban J connectivity index is 4.11. The Labute approximate surface area is 82.2 Å². The van der Waals surface area contributed by atoms with Crippen molar-refractivity contribution in [2.45, 2.75) is 26.8 Å². The number of nitrogens with two attached hydrogens (primary N) is 1. The summed E-state index contributed by atoms with van der Waals surface area (Å²) in [5.74, 6) is 0.509. The number of hydrogen-bond acceptors (Lipinski definition) is 3. The van der Waals surface area contributed by atoms with Crippen LogP contribution in [0.2, 0.25) is 0 Å². The number of likely N-dealkylation sites (N-methyl/N-ethyl adjacent to an activating group) is 1. The molecule has 0 aliphatic heterocycles. The fourth-order valence-corrected chi connectivity index (χ4v) is 1.81. The van der Waals surface area contributed by atoms with E-state index in [1.807, 2.05) is 0 Å². The molecule has 0 aromatic heterocycles. The van der Waals surface area contributed by atoms with Crippen molar-refractivity contribution in [1.82, 2.24) is 4.90 Å². The van der Waals surface area contributed by atoms with Crippen LogP contribution in [0.25, 0.3) is 0 Å². The molecular formula is C10H24N2O. The summed E-state index contributed by atoms with van der Waals surface area (Å²) in [6, 6.07) is 0.454. The summed E-state index contributed by atoms with van der Waals surface area (Å²) in [7, 11) is 1.74. The zero-order chi connectivity index (χ0) is 10.3. The van der Waals surface area contributed by atoms with Crippen molar-refractivity contribution in [2.75, 3.05) is 33.4 Å². The van der Waals surface area contributed by atoms with E-state index in [1.54, 1.807) is 7.11 Å². The molecule has 0 rings (SSSR count). The van der Waals surface area contributed by atoms with Crippen LogP contribution in [-0.2, 0) is 4.74 Å². The van der Waals surface area contributed by atoms with Gasteiger partial charge in [-0.3, -0.25) is 4.90 Å². The molecule has 2 unspecified atom stereocenters. The largest absolute Gasteiger partial charge is 0.384 e. The summed E-state index contributed by atoms with van der Waals surface area (Å²) >= 11 is 0. The van der Waals surface area contributed by atoms with Crippen molar-refractivity contribution in [1.29, 1.82) is 0 Å². The Morgan fingerprint density at radius 2 is 1.85 bits per heavy atom. The van der Waals surface area contributed by atoms with Crippen LogP contribution in [0.4, 0.5) is 0 Å². The van der Waals surface area contributed by atoms with Crippen molar-refractivity contribution in [3.05, 3.63) is 0 Å². The monoisotopic (exact) mass is 188 g/mol. The lowest BCUT2D eigenvalue weighted by molar-refractivity contribution is 0.0907. The standard InChI is InChI=1S/C10H24N2O/c1-5-12(6-2)10(7-11)9(3)8-13-4/h9-10H,5-8,11H2,1-4H3. The van der Waals surface area contributed by atoms with E-state index in [1.165, 1.54) is 0 Å². The summed E-state index contributed by atoms with van der Waals surface area (Å²) in [4.78, 5) is 2.39. The maximum atomic E-state index is 5.76. The first-order chi connectivity index (χ1) is 6.21. The number of ether oxygens (including phenoxy) is 1. The molecular weight excluding hydrogens is 164 g/mol. The highest BCUT2D eigenvalue weighted by Gasteiger charge is 2.20. The van der Waals surface area contributed by atoms with Gasteiger partial charge < -0.3 is 10.5 Å². The molecule has 0 saturated heterocycles. The molecule has 3 heteroatoms. The topological polar surface area (TPSA) is 38.5 Å². The third kappa shape index (κ3) is 4.07. The van der Waals surface area contributed by atoms with Crippen LogP contribution >= 0.6 is 0 Å². The Hall–Kier alpha value is -0.120. The average Bonchev–Trinajstić information content (AvgIpc) is 2.14. The molecule has 0 aliphatic rings. The molecule has 13 heavy (non-hydrogen) atoms. The van der Waals surface area contributed by atoms with Gasteiger partial charge in [-0.15, -0.1) is 0 Å². The Bertz CT molecular complexity index is 115. The molecule has 0 spiro atoms. The van der Waals surface area contributed by atoms with Gasteiger partial charge in [-0.25, -0.2) is 0 Å². The van der Waals surface area contributed by atoms with Gasteiger partial charge in [0.1, 0.15) is 0 Å². The van der Waals surface area contributed by atoms with Gasteiger partial charge in [0.15, 0.2) is 0 Å². The predicted molar refractivity (Wildman–Crippen MR) is 56.8 cm³/mol. The minimum atomic E-state index is 0.454. The molecule has 0 amide bonds. The van der Waals surface area contributed by atoms with E-state index in [9.17, 15) is 0 Å². The summed E-state index contributed by atoms with van der Waals surface area (Å²) in [5, 5.41) is 0. The Morgan fingerprint density at radius 1 is 1.31 bits per heavy atom. The lowest BCUT2D eigenvalue weighted by Crippen LogP contribution is -2.45. The number of rotatable bonds is 7. The second-order valence-electron chi connectivity index (χ2n) is 3.46. The molecule has 0 bridgehead atoms. The van der Waals surface area contributed by atoms with Gasteiger partial charge in [-0.1, -0.05) is 20.8 Å². The van der Waals surface area contributed by atoms with Crippen LogP contribution < -0.4 is 5.73 Å². The first-order valence-corrected chi connectivity index (χ1v) is 5.14. The van der Waals surface area contributed by atoms with Crippen LogP contribution in [0, 0.1) is 5.92 Å². The zero-order valence-corrected chi connectivity index (χ0v) is 9.42. The van der Waals surface area contributed by atoms with Crippen LogP contribution in [0.15, 0.2) is 0 Å². The minimum absolute atomic E-state index is 0.454. The summed E-state index contributed by atoms with van der Waals surface area (Å²) in [5.41, 5.74) is 5.76. The van der Waals surface area contributed by atoms with Crippen LogP contribution in [-0.4, -0.2) is 44.3 Å². The highest BCUT2D eigenvalue weighted by Crippen LogP contribution is 2.10. The normalized spacial score (nSPS) is 16.2. The maximum absolute atomic E-state index is 5.76. The van der Waals surface area contributed by atoms with Crippen LogP contribution in [0.5, 0.6) is 0 Å². The third-order valence-electron chi connectivity index (χ3n) is 2.61. The zero-order valence-electron chi connectivity index (χ0n) is 9.42. The van der Waals surface area contributed by atoms with Crippen molar-refractivity contribution in [3.8, 4) is 0 Å². The van der Waals surface area contributed by atoms with E-state index in [0.29, 0.717) is 18.5 Å². The van der Waals surface area contributed by atoms with Gasteiger partial charge in [0.2, 0.25) is 0 Å². The van der Waals surface area contributed by atoms with Gasteiger partial charge in [0.05, 0.1) is 6.61 Å². The quantitative estimate of drug-likeness (QED) is 0.646. The van der Waals surface area contributed by atoms with E-state index < -0.39 is 0 Å². The van der Waals surface area contributed by atoms with Crippen LogP contribution in [0.1, 0.15) is 20.8 Å². The van der Waals surface area contributed by atoms with E-state index >= 15 is 0 Å². The fraction of sp³-hybridized carbons (Fsp3) is 1.00. The first kappa shape index (κ1) is 12.9. The highest BCUT2D eigenvalue weighted by molar-refractivity contribution is 4.76. The third-order valence-corrected chi connectivity index (χ3v) is 2.61. The second kappa shape index (κ2) is 7.30. The second-order valence-corrected chi connectivity index (χ2v) is 3.46. The highest BCUT2D eigenvalue weighted by atomic mass is 16.5. The maximum Gasteiger partial charge on any atom is 0.0503 e. The molecule has 0 aromatic rings. The molecule has 0 heterocycles. The van der Waals surface area contributed by atoms with Crippen molar-refractivity contribution >= 4 is 0 Å². The van der Waals surface area contributed by atoms with E-state index in [2.05, 4.69) is 25.7 Å². The van der Waals surface area contributed by atoms with Gasteiger partial charge >= 0.3 is 0 Å². The SMILES string of the molecule is CCN(CC)C(CN)C(C)COC. The Kier molecular flexibility index (Phi) is 7.23. The minimum Gasteiger partial charge on any atom is -0.384 e. The number of hydrogen-bond donors (Lipinski definition) is 1. The van der Waals surface area contributed by atoms with Gasteiger partial charge in [0, 0.05) is 19.7 Å². The average molecular weight is 188 g/mol. The lowest BCUT2D eigenvalue weighted by atomic mass is 10.0. The molecule has 0 radical (unpaired) electrons. The molecule has 0 aliphatic carbocycles. The van der Waals surface area contributed by atoms with E-state index in [-0.39, 0.29) is 0 Å². The Morgan fingerprint density at radius 3 is 2.15 bits per heavy atom.